The van der Waals surface area contributed by atoms with Crippen LogP contribution in [0.3, 0.4) is 0 Å². The molecular formula is C12H23N3O2. The van der Waals surface area contributed by atoms with Gasteiger partial charge in [-0.15, -0.1) is 0 Å². The zero-order valence-electron chi connectivity index (χ0n) is 10.5. The van der Waals surface area contributed by atoms with Gasteiger partial charge in [-0.1, -0.05) is 6.92 Å². The molecule has 1 rings (SSSR count). The molecule has 1 saturated carbocycles. The van der Waals surface area contributed by atoms with Gasteiger partial charge in [0.25, 0.3) is 0 Å². The second-order valence-corrected chi connectivity index (χ2v) is 4.66. The normalized spacial score (nSPS) is 16.4. The summed E-state index contributed by atoms with van der Waals surface area (Å²) in [5.41, 5.74) is 5.85. The summed E-state index contributed by atoms with van der Waals surface area (Å²) >= 11 is 0. The highest BCUT2D eigenvalue weighted by molar-refractivity contribution is 5.83. The average Bonchev–Trinajstić information content (AvgIpc) is 3.14. The first-order valence-electron chi connectivity index (χ1n) is 6.42. The number of rotatable bonds is 8. The minimum atomic E-state index is -0.0900. The third-order valence-electron chi connectivity index (χ3n) is 2.91. The summed E-state index contributed by atoms with van der Waals surface area (Å²) in [7, 11) is 0. The lowest BCUT2D eigenvalue weighted by molar-refractivity contribution is -0.126. The molecule has 1 atom stereocenters. The zero-order chi connectivity index (χ0) is 12.7. The maximum Gasteiger partial charge on any atom is 0.220 e. The van der Waals surface area contributed by atoms with Crippen molar-refractivity contribution in [2.24, 2.45) is 11.7 Å². The van der Waals surface area contributed by atoms with Crippen LogP contribution < -0.4 is 16.4 Å². The van der Waals surface area contributed by atoms with E-state index < -0.39 is 0 Å². The van der Waals surface area contributed by atoms with E-state index in [4.69, 9.17) is 5.73 Å². The molecule has 1 unspecified atom stereocenters. The fourth-order valence-corrected chi connectivity index (χ4v) is 1.59. The molecule has 0 radical (unpaired) electrons. The smallest absolute Gasteiger partial charge is 0.220 e. The van der Waals surface area contributed by atoms with Crippen molar-refractivity contribution in [2.75, 3.05) is 13.1 Å². The van der Waals surface area contributed by atoms with Crippen LogP contribution in [0.2, 0.25) is 0 Å². The molecule has 4 N–H and O–H groups in total. The Bertz CT molecular complexity index is 264. The summed E-state index contributed by atoms with van der Waals surface area (Å²) in [5.74, 6) is 0.435. The van der Waals surface area contributed by atoms with Crippen LogP contribution in [0.4, 0.5) is 0 Å². The lowest BCUT2D eigenvalue weighted by atomic mass is 10.2. The number of nitrogens with two attached hydrogens (primary N) is 1. The first kappa shape index (κ1) is 14.0. The van der Waals surface area contributed by atoms with E-state index in [2.05, 4.69) is 10.6 Å². The van der Waals surface area contributed by atoms with Crippen molar-refractivity contribution < 1.29 is 9.59 Å². The molecule has 0 heterocycles. The van der Waals surface area contributed by atoms with Crippen molar-refractivity contribution in [3.8, 4) is 0 Å². The van der Waals surface area contributed by atoms with Gasteiger partial charge in [-0.05, 0) is 25.2 Å². The number of carbonyl (C=O) groups excluding carboxylic acids is 2. The molecule has 5 heteroatoms. The molecule has 0 aliphatic heterocycles. The Hall–Kier alpha value is -1.10. The molecule has 0 saturated heterocycles. The summed E-state index contributed by atoms with van der Waals surface area (Å²) in [4.78, 5) is 22.7. The molecule has 0 aromatic heterocycles. The van der Waals surface area contributed by atoms with Crippen LogP contribution in [-0.2, 0) is 9.59 Å². The lowest BCUT2D eigenvalue weighted by Crippen LogP contribution is -2.38. The van der Waals surface area contributed by atoms with Gasteiger partial charge in [0.2, 0.25) is 11.8 Å². The van der Waals surface area contributed by atoms with Crippen LogP contribution in [0.5, 0.6) is 0 Å². The van der Waals surface area contributed by atoms with Crippen LogP contribution in [0.15, 0.2) is 0 Å². The molecule has 1 aliphatic rings. The first-order chi connectivity index (χ1) is 8.13. The predicted molar refractivity (Wildman–Crippen MR) is 66.2 cm³/mol. The Morgan fingerprint density at radius 1 is 1.24 bits per heavy atom. The molecule has 17 heavy (non-hydrogen) atoms. The van der Waals surface area contributed by atoms with Crippen LogP contribution in [0, 0.1) is 5.92 Å². The van der Waals surface area contributed by atoms with E-state index in [0.29, 0.717) is 19.0 Å². The molecule has 1 fully saturated rings. The van der Waals surface area contributed by atoms with Gasteiger partial charge in [0.15, 0.2) is 0 Å². The largest absolute Gasteiger partial charge is 0.356 e. The standard InChI is InChI=1S/C12H23N3O2/c1-2-7-14-11(16)5-6-12(17)15-8-10(13)9-3-4-9/h9-10H,2-8,13H2,1H3,(H,14,16)(H,15,17). The fourth-order valence-electron chi connectivity index (χ4n) is 1.59. The van der Waals surface area contributed by atoms with Crippen molar-refractivity contribution in [1.29, 1.82) is 0 Å². The highest BCUT2D eigenvalue weighted by atomic mass is 16.2. The van der Waals surface area contributed by atoms with Gasteiger partial charge < -0.3 is 16.4 Å². The van der Waals surface area contributed by atoms with E-state index in [1.807, 2.05) is 6.92 Å². The third kappa shape index (κ3) is 6.26. The average molecular weight is 241 g/mol. The fraction of sp³-hybridized carbons (Fsp3) is 0.833. The van der Waals surface area contributed by atoms with Gasteiger partial charge in [-0.3, -0.25) is 9.59 Å². The van der Waals surface area contributed by atoms with E-state index in [9.17, 15) is 9.59 Å². The van der Waals surface area contributed by atoms with Crippen molar-refractivity contribution in [2.45, 2.75) is 45.1 Å². The SMILES string of the molecule is CCCNC(=O)CCC(=O)NCC(N)C1CC1. The van der Waals surface area contributed by atoms with Crippen LogP contribution in [0.1, 0.15) is 39.0 Å². The minimum absolute atomic E-state index is 0.0616. The number of carbonyl (C=O) groups is 2. The number of hydrogen-bond acceptors (Lipinski definition) is 3. The molecule has 98 valence electrons. The summed E-state index contributed by atoms with van der Waals surface area (Å²) in [6, 6.07) is 0.0767. The van der Waals surface area contributed by atoms with Gasteiger partial charge in [0, 0.05) is 32.0 Å². The molecule has 5 nitrogen and oxygen atoms in total. The van der Waals surface area contributed by atoms with Crippen LogP contribution >= 0.6 is 0 Å². The summed E-state index contributed by atoms with van der Waals surface area (Å²) in [6.45, 7) is 3.19. The monoisotopic (exact) mass is 241 g/mol. The van der Waals surface area contributed by atoms with E-state index in [1.54, 1.807) is 0 Å². The van der Waals surface area contributed by atoms with Gasteiger partial charge in [0.1, 0.15) is 0 Å². The van der Waals surface area contributed by atoms with Gasteiger partial charge in [-0.2, -0.15) is 0 Å². The molecule has 0 bridgehead atoms. The van der Waals surface area contributed by atoms with Gasteiger partial charge in [0.05, 0.1) is 0 Å². The second kappa shape index (κ2) is 7.27. The topological polar surface area (TPSA) is 84.2 Å². The first-order valence-corrected chi connectivity index (χ1v) is 6.42. The number of nitrogens with one attached hydrogen (secondary N) is 2. The maximum atomic E-state index is 11.4. The Morgan fingerprint density at radius 2 is 1.82 bits per heavy atom. The summed E-state index contributed by atoms with van der Waals surface area (Å²) in [5, 5.41) is 5.51. The Morgan fingerprint density at radius 3 is 2.35 bits per heavy atom. The Kier molecular flexibility index (Phi) is 5.97. The highest BCUT2D eigenvalue weighted by Crippen LogP contribution is 2.31. The van der Waals surface area contributed by atoms with Gasteiger partial charge in [-0.25, -0.2) is 0 Å². The molecule has 0 aromatic rings. The highest BCUT2D eigenvalue weighted by Gasteiger charge is 2.28. The van der Waals surface area contributed by atoms with Crippen molar-refractivity contribution in [3.05, 3.63) is 0 Å². The molecule has 0 aromatic carbocycles. The van der Waals surface area contributed by atoms with E-state index in [-0.39, 0.29) is 30.7 Å². The number of hydrogen-bond donors (Lipinski definition) is 3. The molecule has 0 spiro atoms. The maximum absolute atomic E-state index is 11.4. The molecule has 1 aliphatic carbocycles. The third-order valence-corrected chi connectivity index (χ3v) is 2.91. The summed E-state index contributed by atoms with van der Waals surface area (Å²) < 4.78 is 0. The minimum Gasteiger partial charge on any atom is -0.356 e. The quantitative estimate of drug-likeness (QED) is 0.565. The van der Waals surface area contributed by atoms with E-state index in [1.165, 1.54) is 12.8 Å². The van der Waals surface area contributed by atoms with Crippen LogP contribution in [0.25, 0.3) is 0 Å². The second-order valence-electron chi connectivity index (χ2n) is 4.66. The van der Waals surface area contributed by atoms with Gasteiger partial charge >= 0.3 is 0 Å². The van der Waals surface area contributed by atoms with Crippen LogP contribution in [-0.4, -0.2) is 30.9 Å². The van der Waals surface area contributed by atoms with Crippen molar-refractivity contribution in [1.82, 2.24) is 10.6 Å². The Balaban J connectivity index is 2.01. The lowest BCUT2D eigenvalue weighted by Gasteiger charge is -2.11. The zero-order valence-corrected chi connectivity index (χ0v) is 10.5. The molecular weight excluding hydrogens is 218 g/mol. The van der Waals surface area contributed by atoms with E-state index >= 15 is 0 Å². The summed E-state index contributed by atoms with van der Waals surface area (Å²) in [6.07, 6.45) is 3.76. The molecule has 2 amide bonds. The van der Waals surface area contributed by atoms with Crippen molar-refractivity contribution in [3.63, 3.8) is 0 Å². The number of amides is 2. The van der Waals surface area contributed by atoms with Crippen molar-refractivity contribution >= 4 is 11.8 Å². The predicted octanol–water partition coefficient (Wildman–Crippen LogP) is 0.146. The Labute approximate surface area is 103 Å². The van der Waals surface area contributed by atoms with E-state index in [0.717, 1.165) is 6.42 Å².